The first kappa shape index (κ1) is 22.9. The Kier molecular flexibility index (Phi) is 9.16. The summed E-state index contributed by atoms with van der Waals surface area (Å²) < 4.78 is 4.94. The van der Waals surface area contributed by atoms with Crippen molar-refractivity contribution in [3.8, 4) is 5.75 Å². The van der Waals surface area contributed by atoms with Gasteiger partial charge < -0.3 is 25.2 Å². The number of phenols is 1. The van der Waals surface area contributed by atoms with Crippen molar-refractivity contribution in [2.24, 2.45) is 11.8 Å². The first-order chi connectivity index (χ1) is 11.4. The third kappa shape index (κ3) is 7.53. The highest BCUT2D eigenvalue weighted by Crippen LogP contribution is 2.30. The Morgan fingerprint density at radius 2 is 1.68 bits per heavy atom. The van der Waals surface area contributed by atoms with E-state index in [2.05, 4.69) is 0 Å². The highest BCUT2D eigenvalue weighted by atomic mass is 16.5. The SMILES string of the molecule is CC(C)C(=O)O.Cc1ccc(C(O)(CO)COC(=O)C(C)C)c(O)c1. The van der Waals surface area contributed by atoms with Gasteiger partial charge in [0.2, 0.25) is 0 Å². The lowest BCUT2D eigenvalue weighted by Gasteiger charge is -2.27. The number of carbonyl (C=O) groups is 2. The number of esters is 1. The average molecular weight is 356 g/mol. The van der Waals surface area contributed by atoms with Crippen molar-refractivity contribution < 1.29 is 34.8 Å². The van der Waals surface area contributed by atoms with Crippen molar-refractivity contribution in [2.75, 3.05) is 13.2 Å². The number of aryl methyl sites for hydroxylation is 1. The van der Waals surface area contributed by atoms with Crippen LogP contribution in [0.15, 0.2) is 18.2 Å². The van der Waals surface area contributed by atoms with Gasteiger partial charge in [-0.05, 0) is 18.6 Å². The number of benzene rings is 1. The molecule has 142 valence electrons. The molecule has 0 bridgehead atoms. The molecule has 1 aromatic carbocycles. The summed E-state index contributed by atoms with van der Waals surface area (Å²) in [6.45, 7) is 7.35. The molecule has 7 heteroatoms. The smallest absolute Gasteiger partial charge is 0.308 e. The van der Waals surface area contributed by atoms with Gasteiger partial charge in [0, 0.05) is 5.56 Å². The van der Waals surface area contributed by atoms with Crippen LogP contribution >= 0.6 is 0 Å². The predicted octanol–water partition coefficient (Wildman–Crippen LogP) is 1.81. The Labute approximate surface area is 147 Å². The molecular weight excluding hydrogens is 328 g/mol. The van der Waals surface area contributed by atoms with Gasteiger partial charge >= 0.3 is 11.9 Å². The summed E-state index contributed by atoms with van der Waals surface area (Å²) in [6, 6.07) is 4.67. The first-order valence-electron chi connectivity index (χ1n) is 7.97. The maximum Gasteiger partial charge on any atom is 0.308 e. The molecular formula is C18H28O7. The Morgan fingerprint density at radius 3 is 2.04 bits per heavy atom. The molecule has 0 aliphatic carbocycles. The van der Waals surface area contributed by atoms with E-state index in [9.17, 15) is 24.9 Å². The van der Waals surface area contributed by atoms with Crippen molar-refractivity contribution in [1.29, 1.82) is 0 Å². The summed E-state index contributed by atoms with van der Waals surface area (Å²) in [5.74, 6) is -1.91. The monoisotopic (exact) mass is 356 g/mol. The minimum atomic E-state index is -1.80. The predicted molar refractivity (Wildman–Crippen MR) is 92.1 cm³/mol. The third-order valence-corrected chi connectivity index (χ3v) is 3.33. The van der Waals surface area contributed by atoms with Crippen LogP contribution in [0.25, 0.3) is 0 Å². The Hall–Kier alpha value is -2.12. The number of ether oxygens (including phenoxy) is 1. The number of rotatable bonds is 6. The topological polar surface area (TPSA) is 124 Å². The highest BCUT2D eigenvalue weighted by Gasteiger charge is 2.33. The fourth-order valence-electron chi connectivity index (χ4n) is 1.60. The average Bonchev–Trinajstić information content (AvgIpc) is 2.52. The number of carboxylic acids is 1. The summed E-state index contributed by atoms with van der Waals surface area (Å²) in [4.78, 5) is 21.1. The van der Waals surface area contributed by atoms with Crippen LogP contribution < -0.4 is 0 Å². The van der Waals surface area contributed by atoms with Crippen molar-refractivity contribution in [1.82, 2.24) is 0 Å². The van der Waals surface area contributed by atoms with Crippen LogP contribution in [0.5, 0.6) is 5.75 Å². The van der Waals surface area contributed by atoms with Crippen LogP contribution in [0.3, 0.4) is 0 Å². The van der Waals surface area contributed by atoms with Crippen LogP contribution in [0.2, 0.25) is 0 Å². The van der Waals surface area contributed by atoms with Gasteiger partial charge in [-0.2, -0.15) is 0 Å². The number of aliphatic hydroxyl groups excluding tert-OH is 1. The van der Waals surface area contributed by atoms with Crippen molar-refractivity contribution in [3.63, 3.8) is 0 Å². The van der Waals surface area contributed by atoms with E-state index in [0.29, 0.717) is 0 Å². The van der Waals surface area contributed by atoms with Crippen molar-refractivity contribution >= 4 is 11.9 Å². The summed E-state index contributed by atoms with van der Waals surface area (Å²) in [7, 11) is 0. The first-order valence-corrected chi connectivity index (χ1v) is 7.97. The van der Waals surface area contributed by atoms with Gasteiger partial charge in [-0.3, -0.25) is 9.59 Å². The number of phenolic OH excluding ortho intramolecular Hbond substituents is 1. The number of carbonyl (C=O) groups excluding carboxylic acids is 1. The van der Waals surface area contributed by atoms with E-state index in [0.717, 1.165) is 5.56 Å². The Bertz CT molecular complexity index is 581. The van der Waals surface area contributed by atoms with Crippen molar-refractivity contribution in [3.05, 3.63) is 29.3 Å². The molecule has 4 N–H and O–H groups in total. The lowest BCUT2D eigenvalue weighted by Crippen LogP contribution is -2.37. The molecule has 0 aliphatic heterocycles. The number of carboxylic acid groups (broad SMARTS) is 1. The molecule has 0 amide bonds. The fourth-order valence-corrected chi connectivity index (χ4v) is 1.60. The lowest BCUT2D eigenvalue weighted by atomic mass is 9.93. The molecule has 0 aliphatic rings. The molecule has 0 radical (unpaired) electrons. The zero-order valence-electron chi connectivity index (χ0n) is 15.3. The van der Waals surface area contributed by atoms with Gasteiger partial charge in [-0.1, -0.05) is 39.8 Å². The molecule has 25 heavy (non-hydrogen) atoms. The summed E-state index contributed by atoms with van der Waals surface area (Å²) in [6.07, 6.45) is 0. The summed E-state index contributed by atoms with van der Waals surface area (Å²) in [5.41, 5.74) is -0.847. The zero-order valence-corrected chi connectivity index (χ0v) is 15.3. The second-order valence-electron chi connectivity index (χ2n) is 6.47. The van der Waals surface area contributed by atoms with Crippen LogP contribution in [0.4, 0.5) is 0 Å². The van der Waals surface area contributed by atoms with E-state index >= 15 is 0 Å². The minimum absolute atomic E-state index is 0.136. The molecule has 1 atom stereocenters. The molecule has 1 aromatic rings. The van der Waals surface area contributed by atoms with Crippen LogP contribution in [-0.2, 0) is 19.9 Å². The quantitative estimate of drug-likeness (QED) is 0.573. The molecule has 1 unspecified atom stereocenters. The fraction of sp³-hybridized carbons (Fsp3) is 0.556. The van der Waals surface area contributed by atoms with Gasteiger partial charge in [0.1, 0.15) is 18.0 Å². The van der Waals surface area contributed by atoms with Crippen molar-refractivity contribution in [2.45, 2.75) is 40.2 Å². The maximum atomic E-state index is 11.4. The van der Waals surface area contributed by atoms with Gasteiger partial charge in [0.05, 0.1) is 18.4 Å². The van der Waals surface area contributed by atoms with E-state index in [1.165, 1.54) is 12.1 Å². The van der Waals surface area contributed by atoms with Crippen LogP contribution in [0.1, 0.15) is 38.8 Å². The van der Waals surface area contributed by atoms with E-state index in [1.54, 1.807) is 40.7 Å². The molecule has 0 heterocycles. The van der Waals surface area contributed by atoms with Gasteiger partial charge in [-0.15, -0.1) is 0 Å². The molecule has 7 nitrogen and oxygen atoms in total. The van der Waals surface area contributed by atoms with Gasteiger partial charge in [0.15, 0.2) is 0 Å². The Morgan fingerprint density at radius 1 is 1.16 bits per heavy atom. The van der Waals surface area contributed by atoms with Gasteiger partial charge in [0.25, 0.3) is 0 Å². The van der Waals surface area contributed by atoms with E-state index < -0.39 is 30.8 Å². The maximum absolute atomic E-state index is 11.4. The number of aromatic hydroxyl groups is 1. The highest BCUT2D eigenvalue weighted by molar-refractivity contribution is 5.71. The second kappa shape index (κ2) is 10.0. The Balaban J connectivity index is 0.000000823. The molecule has 0 saturated heterocycles. The second-order valence-corrected chi connectivity index (χ2v) is 6.47. The largest absolute Gasteiger partial charge is 0.508 e. The molecule has 0 aromatic heterocycles. The number of aliphatic hydroxyl groups is 2. The zero-order chi connectivity index (χ0) is 19.8. The summed E-state index contributed by atoms with van der Waals surface area (Å²) in [5, 5.41) is 37.4. The number of hydrogen-bond donors (Lipinski definition) is 4. The summed E-state index contributed by atoms with van der Waals surface area (Å²) >= 11 is 0. The van der Waals surface area contributed by atoms with Crippen LogP contribution in [0, 0.1) is 18.8 Å². The third-order valence-electron chi connectivity index (χ3n) is 3.33. The molecule has 0 fully saturated rings. The van der Waals surface area contributed by atoms with E-state index in [-0.39, 0.29) is 23.1 Å². The van der Waals surface area contributed by atoms with E-state index in [4.69, 9.17) is 9.84 Å². The number of aliphatic carboxylic acids is 1. The lowest BCUT2D eigenvalue weighted by molar-refractivity contribution is -0.158. The number of hydrogen-bond acceptors (Lipinski definition) is 6. The molecule has 0 spiro atoms. The van der Waals surface area contributed by atoms with E-state index in [1.807, 2.05) is 0 Å². The molecule has 1 rings (SSSR count). The normalized spacial score (nSPS) is 13.0. The minimum Gasteiger partial charge on any atom is -0.508 e. The van der Waals surface area contributed by atoms with Crippen LogP contribution in [-0.4, -0.2) is 45.6 Å². The van der Waals surface area contributed by atoms with Gasteiger partial charge in [-0.25, -0.2) is 0 Å². The molecule has 0 saturated carbocycles. The standard InChI is InChI=1S/C14H20O5.C4H8O2/c1-9(2)13(17)19-8-14(18,7-15)11-5-4-10(3)6-12(11)16;1-3(2)4(5)6/h4-6,9,15-16,18H,7-8H2,1-3H3;3H,1-2H3,(H,5,6).